The number of halogens is 1. The summed E-state index contributed by atoms with van der Waals surface area (Å²) in [6.07, 6.45) is 4.10. The number of hydrogen-bond donors (Lipinski definition) is 1. The van der Waals surface area contributed by atoms with E-state index in [2.05, 4.69) is 58.7 Å². The molecule has 98 valence electrons. The van der Waals surface area contributed by atoms with Crippen molar-refractivity contribution in [3.63, 3.8) is 0 Å². The number of nitrogens with one attached hydrogen (secondary N) is 1. The van der Waals surface area contributed by atoms with Crippen LogP contribution in [-0.4, -0.2) is 22.9 Å². The molecule has 1 rings (SSSR count). The summed E-state index contributed by atoms with van der Waals surface area (Å²) in [6.45, 7) is 8.85. The van der Waals surface area contributed by atoms with E-state index in [0.717, 1.165) is 17.3 Å². The van der Waals surface area contributed by atoms with E-state index in [9.17, 15) is 0 Å². The van der Waals surface area contributed by atoms with Gasteiger partial charge in [0.25, 0.3) is 0 Å². The summed E-state index contributed by atoms with van der Waals surface area (Å²) in [4.78, 5) is 0. The van der Waals surface area contributed by atoms with Gasteiger partial charge in [0.1, 0.15) is 0 Å². The first-order valence-electron chi connectivity index (χ1n) is 6.36. The third kappa shape index (κ3) is 3.81. The van der Waals surface area contributed by atoms with Crippen LogP contribution < -0.4 is 5.32 Å². The second-order valence-electron chi connectivity index (χ2n) is 5.16. The maximum Gasteiger partial charge on any atom is 0.0635 e. The van der Waals surface area contributed by atoms with Crippen molar-refractivity contribution in [3.05, 3.63) is 16.4 Å². The highest BCUT2D eigenvalue weighted by molar-refractivity contribution is 9.10. The summed E-state index contributed by atoms with van der Waals surface area (Å²) in [5.41, 5.74) is 1.31. The van der Waals surface area contributed by atoms with Crippen LogP contribution in [0.1, 0.15) is 45.9 Å². The molecule has 0 bridgehead atoms. The molecule has 1 N–H and O–H groups in total. The molecular weight excluding hydrogens is 278 g/mol. The van der Waals surface area contributed by atoms with Crippen LogP contribution in [0.15, 0.2) is 10.7 Å². The maximum atomic E-state index is 4.41. The lowest BCUT2D eigenvalue weighted by Crippen LogP contribution is -2.31. The Bertz CT molecular complexity index is 344. The highest BCUT2D eigenvalue weighted by atomic mass is 79.9. The minimum atomic E-state index is 0.420. The zero-order valence-electron chi connectivity index (χ0n) is 11.5. The van der Waals surface area contributed by atoms with E-state index >= 15 is 0 Å². The standard InChI is InChI=1S/C13H24BrN3/c1-9(2)12(15-5)6-7-13-11(14)8-16-17(13)10(3)4/h8-10,12,15H,6-7H2,1-5H3. The van der Waals surface area contributed by atoms with Crippen LogP contribution in [0.4, 0.5) is 0 Å². The van der Waals surface area contributed by atoms with E-state index in [1.165, 1.54) is 5.69 Å². The topological polar surface area (TPSA) is 29.9 Å². The SMILES string of the molecule is CNC(CCc1c(Br)cnn1C(C)C)C(C)C. The largest absolute Gasteiger partial charge is 0.317 e. The molecule has 0 aliphatic rings. The van der Waals surface area contributed by atoms with E-state index in [0.29, 0.717) is 18.0 Å². The van der Waals surface area contributed by atoms with Crippen LogP contribution >= 0.6 is 15.9 Å². The molecule has 1 aromatic rings. The van der Waals surface area contributed by atoms with Gasteiger partial charge in [-0.05, 0) is 55.6 Å². The first kappa shape index (κ1) is 14.7. The van der Waals surface area contributed by atoms with Gasteiger partial charge in [0.2, 0.25) is 0 Å². The fraction of sp³-hybridized carbons (Fsp3) is 0.769. The van der Waals surface area contributed by atoms with Crippen molar-refractivity contribution in [3.8, 4) is 0 Å². The van der Waals surface area contributed by atoms with Gasteiger partial charge in [-0.2, -0.15) is 5.10 Å². The predicted octanol–water partition coefficient (Wildman–Crippen LogP) is 3.40. The van der Waals surface area contributed by atoms with Crippen molar-refractivity contribution in [2.24, 2.45) is 5.92 Å². The summed E-state index contributed by atoms with van der Waals surface area (Å²) in [7, 11) is 2.04. The Labute approximate surface area is 113 Å². The summed E-state index contributed by atoms with van der Waals surface area (Å²) < 4.78 is 3.24. The Kier molecular flexibility index (Phi) is 5.67. The molecule has 3 nitrogen and oxygen atoms in total. The highest BCUT2D eigenvalue weighted by Gasteiger charge is 2.15. The van der Waals surface area contributed by atoms with Crippen LogP contribution in [0.5, 0.6) is 0 Å². The van der Waals surface area contributed by atoms with Crippen LogP contribution in [0, 0.1) is 5.92 Å². The molecule has 0 fully saturated rings. The molecule has 0 radical (unpaired) electrons. The van der Waals surface area contributed by atoms with Gasteiger partial charge in [0.15, 0.2) is 0 Å². The van der Waals surface area contributed by atoms with Gasteiger partial charge < -0.3 is 5.32 Å². The van der Waals surface area contributed by atoms with Crippen molar-refractivity contribution < 1.29 is 0 Å². The molecule has 1 unspecified atom stereocenters. The molecule has 1 aromatic heterocycles. The quantitative estimate of drug-likeness (QED) is 0.873. The first-order chi connectivity index (χ1) is 7.97. The smallest absolute Gasteiger partial charge is 0.0635 e. The monoisotopic (exact) mass is 301 g/mol. The lowest BCUT2D eigenvalue weighted by Gasteiger charge is -2.21. The number of hydrogen-bond acceptors (Lipinski definition) is 2. The minimum absolute atomic E-state index is 0.420. The Hall–Kier alpha value is -0.350. The number of rotatable bonds is 6. The second-order valence-corrected chi connectivity index (χ2v) is 6.01. The average Bonchev–Trinajstić information content (AvgIpc) is 2.61. The molecule has 0 aliphatic carbocycles. The third-order valence-corrected chi connectivity index (χ3v) is 3.87. The van der Waals surface area contributed by atoms with Crippen LogP contribution in [0.25, 0.3) is 0 Å². The van der Waals surface area contributed by atoms with E-state index in [1.807, 2.05) is 13.2 Å². The molecule has 0 saturated carbocycles. The zero-order valence-corrected chi connectivity index (χ0v) is 13.1. The van der Waals surface area contributed by atoms with Crippen molar-refractivity contribution >= 4 is 15.9 Å². The Morgan fingerprint density at radius 2 is 2.00 bits per heavy atom. The Morgan fingerprint density at radius 1 is 1.35 bits per heavy atom. The summed E-state index contributed by atoms with van der Waals surface area (Å²) in [6, 6.07) is 0.987. The van der Waals surface area contributed by atoms with E-state index in [4.69, 9.17) is 0 Å². The van der Waals surface area contributed by atoms with Crippen molar-refractivity contribution in [1.29, 1.82) is 0 Å². The van der Waals surface area contributed by atoms with Gasteiger partial charge in [-0.1, -0.05) is 13.8 Å². The molecule has 0 saturated heterocycles. The summed E-state index contributed by atoms with van der Waals surface area (Å²) in [5.74, 6) is 0.661. The Balaban J connectivity index is 2.71. The predicted molar refractivity (Wildman–Crippen MR) is 76.3 cm³/mol. The van der Waals surface area contributed by atoms with E-state index < -0.39 is 0 Å². The molecule has 17 heavy (non-hydrogen) atoms. The van der Waals surface area contributed by atoms with Crippen LogP contribution in [0.3, 0.4) is 0 Å². The average molecular weight is 302 g/mol. The lowest BCUT2D eigenvalue weighted by atomic mass is 9.98. The molecule has 0 spiro atoms. The number of aromatic nitrogens is 2. The second kappa shape index (κ2) is 6.55. The van der Waals surface area contributed by atoms with Gasteiger partial charge in [0, 0.05) is 12.1 Å². The maximum absolute atomic E-state index is 4.41. The molecule has 0 amide bonds. The van der Waals surface area contributed by atoms with Crippen molar-refractivity contribution in [2.75, 3.05) is 7.05 Å². The van der Waals surface area contributed by atoms with Crippen molar-refractivity contribution in [1.82, 2.24) is 15.1 Å². The molecule has 0 aromatic carbocycles. The van der Waals surface area contributed by atoms with E-state index in [1.54, 1.807) is 0 Å². The summed E-state index contributed by atoms with van der Waals surface area (Å²) >= 11 is 3.59. The van der Waals surface area contributed by atoms with E-state index in [-0.39, 0.29) is 0 Å². The molecule has 1 atom stereocenters. The fourth-order valence-electron chi connectivity index (χ4n) is 2.15. The van der Waals surface area contributed by atoms with Gasteiger partial charge in [-0.25, -0.2) is 0 Å². The van der Waals surface area contributed by atoms with Gasteiger partial charge >= 0.3 is 0 Å². The van der Waals surface area contributed by atoms with Gasteiger partial charge in [-0.15, -0.1) is 0 Å². The summed E-state index contributed by atoms with van der Waals surface area (Å²) in [5, 5.41) is 7.80. The zero-order chi connectivity index (χ0) is 13.0. The van der Waals surface area contributed by atoms with Crippen molar-refractivity contribution in [2.45, 2.75) is 52.6 Å². The lowest BCUT2D eigenvalue weighted by molar-refractivity contribution is 0.394. The number of nitrogens with zero attached hydrogens (tertiary/aromatic N) is 2. The first-order valence-corrected chi connectivity index (χ1v) is 7.15. The van der Waals surface area contributed by atoms with Gasteiger partial charge in [-0.3, -0.25) is 4.68 Å². The molecule has 0 aliphatic heterocycles. The fourth-order valence-corrected chi connectivity index (χ4v) is 2.62. The normalized spacial score (nSPS) is 13.6. The highest BCUT2D eigenvalue weighted by Crippen LogP contribution is 2.22. The van der Waals surface area contributed by atoms with Gasteiger partial charge in [0.05, 0.1) is 16.4 Å². The van der Waals surface area contributed by atoms with Crippen LogP contribution in [0.2, 0.25) is 0 Å². The molecule has 4 heteroatoms. The minimum Gasteiger partial charge on any atom is -0.317 e. The third-order valence-electron chi connectivity index (χ3n) is 3.20. The molecule has 1 heterocycles. The molecular formula is C13H24BrN3. The van der Waals surface area contributed by atoms with Crippen LogP contribution in [-0.2, 0) is 6.42 Å². The Morgan fingerprint density at radius 3 is 2.47 bits per heavy atom.